The molecule has 0 saturated carbocycles. The molecule has 0 spiro atoms. The summed E-state index contributed by atoms with van der Waals surface area (Å²) in [5, 5.41) is 11.3. The number of phenols is 1. The lowest BCUT2D eigenvalue weighted by molar-refractivity contribution is -0.141. The van der Waals surface area contributed by atoms with Gasteiger partial charge in [-0.05, 0) is 39.3 Å². The van der Waals surface area contributed by atoms with E-state index < -0.39 is 5.60 Å². The Morgan fingerprint density at radius 1 is 1.31 bits per heavy atom. The smallest absolute Gasteiger partial charge is 0.306 e. The molecule has 0 saturated heterocycles. The minimum absolute atomic E-state index is 0.0949. The molecule has 2 aliphatic rings. The fourth-order valence-corrected chi connectivity index (χ4v) is 4.02. The summed E-state index contributed by atoms with van der Waals surface area (Å²) in [7, 11) is 1.34. The van der Waals surface area contributed by atoms with Crippen molar-refractivity contribution in [2.45, 2.75) is 71.5 Å². The first-order chi connectivity index (χ1) is 13.6. The van der Waals surface area contributed by atoms with Gasteiger partial charge in [0, 0.05) is 11.5 Å². The van der Waals surface area contributed by atoms with Crippen LogP contribution in [0.5, 0.6) is 17.2 Å². The molecule has 1 aromatic carbocycles. The summed E-state index contributed by atoms with van der Waals surface area (Å²) in [4.78, 5) is 25.2. The Bertz CT molecular complexity index is 867. The second-order valence-corrected chi connectivity index (χ2v) is 8.49. The number of ether oxygens (including phenoxy) is 3. The molecule has 158 valence electrons. The van der Waals surface area contributed by atoms with Crippen LogP contribution in [0.1, 0.15) is 81.3 Å². The molecule has 0 radical (unpaired) electrons. The number of aromatic hydroxyl groups is 1. The number of methoxy groups -OCH3 is 1. The lowest BCUT2D eigenvalue weighted by Gasteiger charge is -2.36. The summed E-state index contributed by atoms with van der Waals surface area (Å²) < 4.78 is 17.2. The Morgan fingerprint density at radius 3 is 2.62 bits per heavy atom. The molecule has 3 atom stereocenters. The van der Waals surface area contributed by atoms with Gasteiger partial charge in [0.2, 0.25) is 0 Å². The molecule has 6 nitrogen and oxygen atoms in total. The monoisotopic (exact) mass is 402 g/mol. The number of rotatable bonds is 5. The molecule has 1 N–H and O–H groups in total. The Morgan fingerprint density at radius 2 is 2.00 bits per heavy atom. The minimum atomic E-state index is -0.595. The highest BCUT2D eigenvalue weighted by molar-refractivity contribution is 6.06. The third-order valence-corrected chi connectivity index (χ3v) is 5.82. The zero-order valence-corrected chi connectivity index (χ0v) is 18.0. The molecule has 0 fully saturated rings. The maximum atomic E-state index is 13.1. The standard InChI is InChI=1S/C23H30O6/c1-7-8-14(11-16(24)27-6)17-20(26)18-19(25)12(2)13(3)28-21(18)15-9-10-23(4,5)29-22(15)17/h9-10,12-14,26H,7-8,11H2,1-6H3. The molecule has 3 rings (SSSR count). The molecule has 0 bridgehead atoms. The lowest BCUT2D eigenvalue weighted by atomic mass is 9.81. The van der Waals surface area contributed by atoms with Crippen molar-refractivity contribution in [3.63, 3.8) is 0 Å². The quantitative estimate of drug-likeness (QED) is 0.724. The predicted molar refractivity (Wildman–Crippen MR) is 110 cm³/mol. The van der Waals surface area contributed by atoms with Crippen LogP contribution in [0.15, 0.2) is 6.08 Å². The van der Waals surface area contributed by atoms with E-state index in [2.05, 4.69) is 0 Å². The maximum absolute atomic E-state index is 13.1. The summed E-state index contributed by atoms with van der Waals surface area (Å²) in [6, 6.07) is 0. The number of Topliss-reactive ketones (excluding diaryl/α,β-unsaturated/α-hetero) is 1. The van der Waals surface area contributed by atoms with Crippen molar-refractivity contribution < 1.29 is 28.9 Å². The van der Waals surface area contributed by atoms with E-state index in [0.717, 1.165) is 6.42 Å². The van der Waals surface area contributed by atoms with E-state index in [1.807, 2.05) is 39.8 Å². The Hall–Kier alpha value is -2.50. The van der Waals surface area contributed by atoms with Crippen LogP contribution in [-0.4, -0.2) is 35.7 Å². The summed E-state index contributed by atoms with van der Waals surface area (Å²) >= 11 is 0. The van der Waals surface area contributed by atoms with Crippen LogP contribution in [0.2, 0.25) is 0 Å². The van der Waals surface area contributed by atoms with E-state index in [0.29, 0.717) is 29.0 Å². The largest absolute Gasteiger partial charge is 0.507 e. The number of carbonyl (C=O) groups is 2. The second kappa shape index (κ2) is 7.73. The zero-order valence-electron chi connectivity index (χ0n) is 18.0. The molecule has 6 heteroatoms. The van der Waals surface area contributed by atoms with Crippen LogP contribution in [0.25, 0.3) is 6.08 Å². The highest BCUT2D eigenvalue weighted by atomic mass is 16.5. The zero-order chi connectivity index (χ0) is 21.5. The average molecular weight is 402 g/mol. The van der Waals surface area contributed by atoms with Gasteiger partial charge in [-0.15, -0.1) is 0 Å². The van der Waals surface area contributed by atoms with Crippen molar-refractivity contribution >= 4 is 17.8 Å². The van der Waals surface area contributed by atoms with E-state index in [1.54, 1.807) is 6.92 Å². The summed E-state index contributed by atoms with van der Waals surface area (Å²) in [6.45, 7) is 9.48. The van der Waals surface area contributed by atoms with Gasteiger partial charge < -0.3 is 19.3 Å². The van der Waals surface area contributed by atoms with Gasteiger partial charge in [0.1, 0.15) is 34.5 Å². The first kappa shape index (κ1) is 21.2. The van der Waals surface area contributed by atoms with Gasteiger partial charge in [-0.25, -0.2) is 0 Å². The van der Waals surface area contributed by atoms with Crippen molar-refractivity contribution in [1.82, 2.24) is 0 Å². The van der Waals surface area contributed by atoms with Gasteiger partial charge in [0.05, 0.1) is 25.0 Å². The van der Waals surface area contributed by atoms with Crippen LogP contribution >= 0.6 is 0 Å². The number of esters is 1. The van der Waals surface area contributed by atoms with Gasteiger partial charge in [-0.1, -0.05) is 20.3 Å². The fourth-order valence-electron chi connectivity index (χ4n) is 4.02. The van der Waals surface area contributed by atoms with Crippen molar-refractivity contribution in [2.24, 2.45) is 5.92 Å². The number of benzene rings is 1. The van der Waals surface area contributed by atoms with Crippen LogP contribution in [0.3, 0.4) is 0 Å². The molecule has 3 unspecified atom stereocenters. The molecule has 0 aromatic heterocycles. The lowest BCUT2D eigenvalue weighted by Crippen LogP contribution is -2.35. The van der Waals surface area contributed by atoms with Gasteiger partial charge in [-0.2, -0.15) is 0 Å². The van der Waals surface area contributed by atoms with E-state index in [4.69, 9.17) is 14.2 Å². The minimum Gasteiger partial charge on any atom is -0.507 e. The number of ketones is 1. The van der Waals surface area contributed by atoms with Crippen molar-refractivity contribution in [3.05, 3.63) is 22.8 Å². The highest BCUT2D eigenvalue weighted by Gasteiger charge is 2.41. The van der Waals surface area contributed by atoms with Crippen molar-refractivity contribution in [2.75, 3.05) is 7.11 Å². The summed E-state index contributed by atoms with van der Waals surface area (Å²) in [5.41, 5.74) is 0.720. The normalized spacial score (nSPS) is 22.8. The molecule has 0 aliphatic carbocycles. The predicted octanol–water partition coefficient (Wildman–Crippen LogP) is 4.62. The third-order valence-electron chi connectivity index (χ3n) is 5.82. The van der Waals surface area contributed by atoms with Crippen molar-refractivity contribution in [3.8, 4) is 17.2 Å². The Balaban J connectivity index is 2.29. The molecular formula is C23H30O6. The van der Waals surface area contributed by atoms with Crippen LogP contribution < -0.4 is 9.47 Å². The van der Waals surface area contributed by atoms with Gasteiger partial charge in [0.25, 0.3) is 0 Å². The fraction of sp³-hybridized carbons (Fsp3) is 0.565. The molecule has 2 aliphatic heterocycles. The summed E-state index contributed by atoms with van der Waals surface area (Å²) in [5.74, 6) is -0.555. The van der Waals surface area contributed by atoms with Crippen LogP contribution in [0, 0.1) is 5.92 Å². The van der Waals surface area contributed by atoms with Gasteiger partial charge in [-0.3, -0.25) is 9.59 Å². The molecule has 0 amide bonds. The third kappa shape index (κ3) is 3.72. The SMILES string of the molecule is CCCC(CC(=O)OC)c1c(O)c2c(c3c1OC(C)(C)C=C3)OC(C)C(C)C2=O. The molecular weight excluding hydrogens is 372 g/mol. The number of phenolic OH excluding ortho intramolecular Hbond substituents is 1. The molecule has 1 aromatic rings. The van der Waals surface area contributed by atoms with E-state index in [1.165, 1.54) is 7.11 Å². The highest BCUT2D eigenvalue weighted by Crippen LogP contribution is 2.53. The van der Waals surface area contributed by atoms with Crippen molar-refractivity contribution in [1.29, 1.82) is 0 Å². The number of hydrogen-bond acceptors (Lipinski definition) is 6. The van der Waals surface area contributed by atoms with E-state index in [9.17, 15) is 14.7 Å². The van der Waals surface area contributed by atoms with E-state index >= 15 is 0 Å². The summed E-state index contributed by atoms with van der Waals surface area (Å²) in [6.07, 6.45) is 5.01. The first-order valence-electron chi connectivity index (χ1n) is 10.2. The van der Waals surface area contributed by atoms with Gasteiger partial charge in [0.15, 0.2) is 5.78 Å². The maximum Gasteiger partial charge on any atom is 0.306 e. The molecule has 29 heavy (non-hydrogen) atoms. The molecule has 2 heterocycles. The van der Waals surface area contributed by atoms with Crippen LogP contribution in [-0.2, 0) is 9.53 Å². The second-order valence-electron chi connectivity index (χ2n) is 8.49. The Labute approximate surface area is 171 Å². The first-order valence-corrected chi connectivity index (χ1v) is 10.2. The average Bonchev–Trinajstić information content (AvgIpc) is 2.65. The van der Waals surface area contributed by atoms with Crippen LogP contribution in [0.4, 0.5) is 0 Å². The number of fused-ring (bicyclic) bond motifs is 3. The number of hydrogen-bond donors (Lipinski definition) is 1. The Kier molecular flexibility index (Phi) is 5.65. The van der Waals surface area contributed by atoms with Gasteiger partial charge >= 0.3 is 5.97 Å². The number of carbonyl (C=O) groups excluding carboxylic acids is 2. The topological polar surface area (TPSA) is 82.1 Å². The van der Waals surface area contributed by atoms with E-state index in [-0.39, 0.29) is 47.4 Å².